The molecule has 0 aliphatic carbocycles. The van der Waals surface area contributed by atoms with Crippen molar-refractivity contribution in [2.75, 3.05) is 145 Å². The van der Waals surface area contributed by atoms with Gasteiger partial charge in [0, 0.05) is 142 Å². The Labute approximate surface area is 681 Å². The number of likely N-dealkylation sites (tertiary alicyclic amines) is 1. The minimum absolute atomic E-state index is 0.0114. The van der Waals surface area contributed by atoms with Crippen LogP contribution in [-0.4, -0.2) is 364 Å². The van der Waals surface area contributed by atoms with Gasteiger partial charge in [0.25, 0.3) is 0 Å². The highest BCUT2D eigenvalue weighted by Gasteiger charge is 2.54. The Morgan fingerprint density at radius 1 is 0.373 bits per heavy atom. The van der Waals surface area contributed by atoms with Gasteiger partial charge in [-0.25, -0.2) is 0 Å². The molecule has 45 heteroatoms. The van der Waals surface area contributed by atoms with E-state index in [0.717, 1.165) is 62.3 Å². The molecule has 15 atom stereocenters. The molecule has 0 spiro atoms. The highest BCUT2D eigenvalue weighted by Crippen LogP contribution is 2.32. The van der Waals surface area contributed by atoms with Gasteiger partial charge in [0.1, 0.15) is 56.3 Å². The number of hydrogen-bond acceptors (Lipinski definition) is 37. The fourth-order valence-electron chi connectivity index (χ4n) is 12.6. The van der Waals surface area contributed by atoms with Crippen molar-refractivity contribution in [3.8, 4) is 0 Å². The number of hydrogen-bond donors (Lipinski definition) is 7. The normalized spacial score (nSPS) is 23.6. The fraction of sp³-hybridized carbons (Fsp3) is 0.767. The maximum Gasteiger partial charge on any atom is 0.303 e. The van der Waals surface area contributed by atoms with E-state index in [1.165, 1.54) is 30.6 Å². The molecule has 45 nitrogen and oxygen atoms in total. The third-order valence-electron chi connectivity index (χ3n) is 17.4. The number of esters is 9. The van der Waals surface area contributed by atoms with Crippen LogP contribution in [0.15, 0.2) is 0 Å². The smallest absolute Gasteiger partial charge is 0.303 e. The van der Waals surface area contributed by atoms with E-state index in [-0.39, 0.29) is 124 Å². The molecule has 118 heavy (non-hydrogen) atoms. The highest BCUT2D eigenvalue weighted by molar-refractivity contribution is 5.85. The summed E-state index contributed by atoms with van der Waals surface area (Å²) in [6.07, 6.45) is -15.9. The molecule has 0 unspecified atom stereocenters. The van der Waals surface area contributed by atoms with Gasteiger partial charge in [0.2, 0.25) is 47.3 Å². The van der Waals surface area contributed by atoms with Crippen LogP contribution in [0.25, 0.3) is 0 Å². The van der Waals surface area contributed by atoms with Gasteiger partial charge in [-0.3, -0.25) is 86.4 Å². The lowest BCUT2D eigenvalue weighted by Crippen LogP contribution is -2.66. The third kappa shape index (κ3) is 39.4. The quantitative estimate of drug-likeness (QED) is 0.0170. The Hall–Kier alpha value is -9.45. The number of nitrogens with zero attached hydrogens (tertiary/aromatic N) is 3. The number of carbonyl (C=O) groups excluding carboxylic acids is 17. The molecule has 4 fully saturated rings. The Morgan fingerprint density at radius 2 is 0.686 bits per heavy atom. The molecule has 4 heterocycles. The number of aliphatic hydroxyl groups excluding tert-OH is 1. The average Bonchev–Trinajstić information content (AvgIpc) is 0.797. The van der Waals surface area contributed by atoms with Gasteiger partial charge in [-0.1, -0.05) is 0 Å². The number of aliphatic hydroxyl groups is 1. The monoisotopic (exact) mass is 1690 g/mol. The van der Waals surface area contributed by atoms with E-state index in [0.29, 0.717) is 25.9 Å². The largest absolute Gasteiger partial charge is 0.463 e. The minimum atomic E-state index is -1.39. The number of carbonyl (C=O) groups is 17. The topological polar surface area (TPSA) is 558 Å². The van der Waals surface area contributed by atoms with Gasteiger partial charge >= 0.3 is 53.7 Å². The Balaban J connectivity index is 1.47. The van der Waals surface area contributed by atoms with E-state index < -0.39 is 233 Å². The molecule has 4 aliphatic rings. The molecule has 0 bridgehead atoms. The molecule has 0 aromatic heterocycles. The second-order valence-electron chi connectivity index (χ2n) is 27.5. The molecule has 7 N–H and O–H groups in total. The number of piperidine rings is 1. The fourth-order valence-corrected chi connectivity index (χ4v) is 12.6. The van der Waals surface area contributed by atoms with Crippen molar-refractivity contribution >= 4 is 101 Å². The zero-order valence-electron chi connectivity index (χ0n) is 68.6. The van der Waals surface area contributed by atoms with E-state index >= 15 is 0 Å². The number of ether oxygens (including phenoxy) is 18. The molecule has 8 amide bonds. The maximum absolute atomic E-state index is 14.1. The van der Waals surface area contributed by atoms with Crippen LogP contribution in [0, 0.1) is 0 Å². The van der Waals surface area contributed by atoms with Crippen molar-refractivity contribution in [1.82, 2.24) is 46.6 Å². The van der Waals surface area contributed by atoms with Crippen molar-refractivity contribution in [3.63, 3.8) is 0 Å². The minimum Gasteiger partial charge on any atom is -0.463 e. The first-order chi connectivity index (χ1) is 55.9. The number of rotatable bonds is 50. The van der Waals surface area contributed by atoms with Crippen LogP contribution in [0.4, 0.5) is 0 Å². The zero-order valence-corrected chi connectivity index (χ0v) is 68.6. The summed E-state index contributed by atoms with van der Waals surface area (Å²) in [6.45, 7) is 9.49. The van der Waals surface area contributed by atoms with Crippen LogP contribution in [0.1, 0.15) is 122 Å². The van der Waals surface area contributed by atoms with E-state index in [2.05, 4.69) is 31.9 Å². The summed E-state index contributed by atoms with van der Waals surface area (Å²) >= 11 is 0. The van der Waals surface area contributed by atoms with Crippen molar-refractivity contribution < 1.29 is 172 Å². The van der Waals surface area contributed by atoms with Crippen LogP contribution < -0.4 is 31.9 Å². The summed E-state index contributed by atoms with van der Waals surface area (Å²) in [5, 5.41) is 25.9. The molecule has 4 aliphatic heterocycles. The van der Waals surface area contributed by atoms with E-state index in [9.17, 15) is 86.6 Å². The van der Waals surface area contributed by atoms with Gasteiger partial charge in [-0.15, -0.1) is 0 Å². The lowest BCUT2D eigenvalue weighted by Gasteiger charge is -2.44. The van der Waals surface area contributed by atoms with E-state index in [4.69, 9.17) is 85.3 Å². The predicted octanol–water partition coefficient (Wildman–Crippen LogP) is -4.92. The molecule has 4 rings (SSSR count). The first kappa shape index (κ1) is 101. The lowest BCUT2D eigenvalue weighted by atomic mass is 9.96. The summed E-state index contributed by atoms with van der Waals surface area (Å²) < 4.78 is 101. The van der Waals surface area contributed by atoms with Crippen molar-refractivity contribution in [2.24, 2.45) is 0 Å². The molecule has 668 valence electrons. The van der Waals surface area contributed by atoms with Gasteiger partial charge in [-0.2, -0.15) is 0 Å². The highest BCUT2D eigenvalue weighted by atomic mass is 16.7. The molecule has 0 aromatic rings. The van der Waals surface area contributed by atoms with Gasteiger partial charge in [0.15, 0.2) is 55.5 Å². The van der Waals surface area contributed by atoms with Crippen LogP contribution >= 0.6 is 0 Å². The van der Waals surface area contributed by atoms with Crippen molar-refractivity contribution in [3.05, 3.63) is 0 Å². The molecule has 4 saturated heterocycles. The van der Waals surface area contributed by atoms with Crippen LogP contribution in [0.3, 0.4) is 0 Å². The number of nitrogens with one attached hydrogen (secondary N) is 6. The Bertz CT molecular complexity index is 3210. The van der Waals surface area contributed by atoms with Gasteiger partial charge in [0.05, 0.1) is 85.2 Å². The SMILES string of the molecule is CC(=O)N[C@H]1[C@H](OCCOCCNC(=O)CN(CCCN(CC(=O)NCCOCCO[C@@H]2O[C@H](COC(C)=O)[C@H](OC(C)=O)[C@H](OC(C)=O)[C@H]2NC(C)=O)C(=O)CCCC(=O)N2CCC(O)CC2)CC(=O)NCCOCCO[C@@H]2O[C@H](COC(C)=O)[C@H](OC(C)=O)[C@H](OC(C)=O)[C@H]2NC(C)=O)O[C@H](COC(C)=O)[C@H](OC(C)=O)[C@@H]1OC(C)=O. The standard InChI is InChI=1S/C73H115N9O36/c1-41(83)77-62-68(113-50(10)92)65(110-47(7)89)54(38-107-44(4)86)116-71(62)104-32-29-101-26-19-74-57(96)35-80(36-58(97)75-20-27-102-30-33-105-72-63(78-42(2)84)69(114-51(11)93)66(111-48(8)90)55(117-72)39-108-45(5)87)22-14-23-82(61(100)16-13-15-60(99)81-24-17-53(95)18-25-81)37-59(98)76-21-28-103-31-34-106-73-64(79-43(3)85)70(115-52(12)94)67(112-49(9)91)56(118-73)40-109-46(6)88/h53-56,62-73,95H,13-40H2,1-12H3,(H,74,96)(H,75,97)(H,76,98)(H,77,83)(H,78,84)(H,79,85)/t54-,55-,56-,62-,63-,64-,65+,66+,67+,68-,69-,70-,71-,72-,73-/m1/s1. The molecule has 0 radical (unpaired) electrons. The van der Waals surface area contributed by atoms with Crippen molar-refractivity contribution in [2.45, 2.75) is 220 Å². The van der Waals surface area contributed by atoms with Crippen LogP contribution in [0.5, 0.6) is 0 Å². The molecule has 0 saturated carbocycles. The van der Waals surface area contributed by atoms with E-state index in [1.807, 2.05) is 0 Å². The molecule has 0 aromatic carbocycles. The van der Waals surface area contributed by atoms with Gasteiger partial charge < -0.3 is 132 Å². The third-order valence-corrected chi connectivity index (χ3v) is 17.4. The van der Waals surface area contributed by atoms with Crippen LogP contribution in [-0.2, 0) is 167 Å². The van der Waals surface area contributed by atoms with Crippen molar-refractivity contribution in [1.29, 1.82) is 0 Å². The number of amides is 8. The molecular weight excluding hydrogens is 1580 g/mol. The van der Waals surface area contributed by atoms with Gasteiger partial charge in [-0.05, 0) is 25.7 Å². The zero-order chi connectivity index (χ0) is 87.6. The second kappa shape index (κ2) is 53.9. The predicted molar refractivity (Wildman–Crippen MR) is 395 cm³/mol. The summed E-state index contributed by atoms with van der Waals surface area (Å²) in [7, 11) is 0. The summed E-state index contributed by atoms with van der Waals surface area (Å²) in [4.78, 5) is 219. The Morgan fingerprint density at radius 3 is 0.992 bits per heavy atom. The Kier molecular flexibility index (Phi) is 46.1. The summed E-state index contributed by atoms with van der Waals surface area (Å²) in [6, 6.07) is -3.76. The first-order valence-electron chi connectivity index (χ1n) is 38.5. The van der Waals surface area contributed by atoms with E-state index in [1.54, 1.807) is 4.90 Å². The summed E-state index contributed by atoms with van der Waals surface area (Å²) in [5.41, 5.74) is 0. The maximum atomic E-state index is 14.1. The molecular formula is C73H115N9O36. The second-order valence-corrected chi connectivity index (χ2v) is 27.5. The first-order valence-corrected chi connectivity index (χ1v) is 38.5. The lowest BCUT2D eigenvalue weighted by molar-refractivity contribution is -0.279. The average molecular weight is 1690 g/mol. The summed E-state index contributed by atoms with van der Waals surface area (Å²) in [5.74, 6) is -11.3. The van der Waals surface area contributed by atoms with Crippen LogP contribution in [0.2, 0.25) is 0 Å².